The lowest BCUT2D eigenvalue weighted by Gasteiger charge is -2.13. The van der Waals surface area contributed by atoms with Crippen molar-refractivity contribution >= 4 is 21.6 Å². The van der Waals surface area contributed by atoms with Gasteiger partial charge in [0.15, 0.2) is 0 Å². The van der Waals surface area contributed by atoms with Crippen LogP contribution < -0.4 is 19.5 Å². The van der Waals surface area contributed by atoms with Gasteiger partial charge in [-0.05, 0) is 29.8 Å². The normalized spacial score (nSPS) is 10.8. The maximum atomic E-state index is 12.6. The first-order chi connectivity index (χ1) is 11.9. The maximum absolute atomic E-state index is 12.6. The molecule has 25 heavy (non-hydrogen) atoms. The lowest BCUT2D eigenvalue weighted by Crippen LogP contribution is -2.19. The zero-order valence-electron chi connectivity index (χ0n) is 14.2. The zero-order valence-corrected chi connectivity index (χ0v) is 15.0. The summed E-state index contributed by atoms with van der Waals surface area (Å²) in [5.41, 5.74) is 1.17. The van der Waals surface area contributed by atoms with Crippen molar-refractivity contribution in [3.05, 3.63) is 48.0 Å². The quantitative estimate of drug-likeness (QED) is 0.781. The van der Waals surface area contributed by atoms with Crippen LogP contribution >= 0.6 is 0 Å². The molecule has 0 saturated heterocycles. The summed E-state index contributed by atoms with van der Waals surface area (Å²) in [4.78, 5) is 11.4. The predicted octanol–water partition coefficient (Wildman–Crippen LogP) is 1.79. The van der Waals surface area contributed by atoms with E-state index in [4.69, 9.17) is 9.47 Å². The fourth-order valence-corrected chi connectivity index (χ4v) is 3.38. The number of nitrogens with one attached hydrogen (secondary N) is 2. The van der Waals surface area contributed by atoms with Crippen LogP contribution in [-0.4, -0.2) is 35.6 Å². The molecule has 134 valence electrons. The van der Waals surface area contributed by atoms with Crippen LogP contribution in [0.2, 0.25) is 0 Å². The van der Waals surface area contributed by atoms with Gasteiger partial charge in [0.25, 0.3) is 10.0 Å². The van der Waals surface area contributed by atoms with Gasteiger partial charge in [-0.2, -0.15) is 0 Å². The molecule has 0 aliphatic carbocycles. The molecule has 0 unspecified atom stereocenters. The van der Waals surface area contributed by atoms with Crippen molar-refractivity contribution < 1.29 is 22.7 Å². The monoisotopic (exact) mass is 364 g/mol. The molecule has 8 heteroatoms. The molecule has 2 N–H and O–H groups in total. The average Bonchev–Trinajstić information content (AvgIpc) is 2.62. The number of ether oxygens (including phenoxy) is 2. The van der Waals surface area contributed by atoms with Crippen LogP contribution in [0.5, 0.6) is 11.5 Å². The molecule has 0 saturated carbocycles. The molecule has 0 aromatic heterocycles. The van der Waals surface area contributed by atoms with Crippen LogP contribution in [0.3, 0.4) is 0 Å². The molecule has 2 aromatic carbocycles. The highest BCUT2D eigenvalue weighted by Crippen LogP contribution is 2.29. The van der Waals surface area contributed by atoms with Gasteiger partial charge >= 0.3 is 0 Å². The lowest BCUT2D eigenvalue weighted by molar-refractivity contribution is -0.119. The van der Waals surface area contributed by atoms with Crippen molar-refractivity contribution in [1.82, 2.24) is 5.32 Å². The van der Waals surface area contributed by atoms with Crippen LogP contribution in [-0.2, 0) is 21.2 Å². The van der Waals surface area contributed by atoms with Gasteiger partial charge in [0.1, 0.15) is 16.4 Å². The Kier molecular flexibility index (Phi) is 5.87. The predicted molar refractivity (Wildman–Crippen MR) is 94.6 cm³/mol. The number of hydrogen-bond acceptors (Lipinski definition) is 5. The lowest BCUT2D eigenvalue weighted by atomic mass is 10.1. The second-order valence-corrected chi connectivity index (χ2v) is 6.82. The van der Waals surface area contributed by atoms with Gasteiger partial charge in [0.2, 0.25) is 5.91 Å². The van der Waals surface area contributed by atoms with Gasteiger partial charge in [0.05, 0.1) is 20.6 Å². The number of rotatable bonds is 7. The third kappa shape index (κ3) is 4.63. The second-order valence-electron chi connectivity index (χ2n) is 5.17. The summed E-state index contributed by atoms with van der Waals surface area (Å²) in [7, 11) is 0.609. The van der Waals surface area contributed by atoms with E-state index >= 15 is 0 Å². The Labute approximate surface area is 147 Å². The van der Waals surface area contributed by atoms with Crippen molar-refractivity contribution in [2.75, 3.05) is 26.0 Å². The number of anilines is 1. The van der Waals surface area contributed by atoms with E-state index < -0.39 is 10.0 Å². The van der Waals surface area contributed by atoms with E-state index in [2.05, 4.69) is 10.0 Å². The van der Waals surface area contributed by atoms with Crippen LogP contribution in [0.1, 0.15) is 5.56 Å². The standard InChI is InChI=1S/C17H20N2O5S/c1-18-17(20)10-12-4-6-13(7-5-12)19-25(21,22)16-9-8-14(23-2)11-15(16)24-3/h4-9,11,19H,10H2,1-3H3,(H,18,20). The Morgan fingerprint density at radius 3 is 2.28 bits per heavy atom. The molecule has 7 nitrogen and oxygen atoms in total. The minimum atomic E-state index is -3.83. The molecule has 0 atom stereocenters. The fraction of sp³-hybridized carbons (Fsp3) is 0.235. The number of carbonyl (C=O) groups is 1. The van der Waals surface area contributed by atoms with Crippen LogP contribution in [0, 0.1) is 0 Å². The molecule has 0 bridgehead atoms. The molecule has 0 aliphatic heterocycles. The van der Waals surface area contributed by atoms with Crippen molar-refractivity contribution in [2.24, 2.45) is 0 Å². The van der Waals surface area contributed by atoms with E-state index in [9.17, 15) is 13.2 Å². The van der Waals surface area contributed by atoms with Crippen LogP contribution in [0.25, 0.3) is 0 Å². The Bertz CT molecular complexity index is 848. The molecule has 2 rings (SSSR count). The van der Waals surface area contributed by atoms with Gasteiger partial charge in [-0.25, -0.2) is 8.42 Å². The first-order valence-electron chi connectivity index (χ1n) is 7.44. The van der Waals surface area contributed by atoms with E-state index in [0.717, 1.165) is 5.56 Å². The van der Waals surface area contributed by atoms with Crippen molar-refractivity contribution in [3.63, 3.8) is 0 Å². The van der Waals surface area contributed by atoms with E-state index in [1.165, 1.54) is 26.4 Å². The highest BCUT2D eigenvalue weighted by Gasteiger charge is 2.20. The molecule has 0 radical (unpaired) electrons. The van der Waals surface area contributed by atoms with Crippen molar-refractivity contribution in [2.45, 2.75) is 11.3 Å². The van der Waals surface area contributed by atoms with Crippen molar-refractivity contribution in [1.29, 1.82) is 0 Å². The second kappa shape index (κ2) is 7.89. The summed E-state index contributed by atoms with van der Waals surface area (Å²) in [5.74, 6) is 0.564. The Morgan fingerprint density at radius 1 is 1.04 bits per heavy atom. The number of carbonyl (C=O) groups excluding carboxylic acids is 1. The molecular weight excluding hydrogens is 344 g/mol. The first-order valence-corrected chi connectivity index (χ1v) is 8.92. The summed E-state index contributed by atoms with van der Waals surface area (Å²) in [5, 5.41) is 2.54. The van der Waals surface area contributed by atoms with Gasteiger partial charge in [-0.1, -0.05) is 12.1 Å². The molecule has 2 aromatic rings. The summed E-state index contributed by atoms with van der Waals surface area (Å²) in [6.45, 7) is 0. The number of benzene rings is 2. The highest BCUT2D eigenvalue weighted by molar-refractivity contribution is 7.92. The number of amides is 1. The van der Waals surface area contributed by atoms with E-state index in [-0.39, 0.29) is 23.0 Å². The summed E-state index contributed by atoms with van der Waals surface area (Å²) >= 11 is 0. The number of likely N-dealkylation sites (N-methyl/N-ethyl adjacent to an activating group) is 1. The first kappa shape index (κ1) is 18.6. The minimum Gasteiger partial charge on any atom is -0.497 e. The SMILES string of the molecule is CNC(=O)Cc1ccc(NS(=O)(=O)c2ccc(OC)cc2OC)cc1. The van der Waals surface area contributed by atoms with Gasteiger partial charge < -0.3 is 14.8 Å². The maximum Gasteiger partial charge on any atom is 0.265 e. The smallest absolute Gasteiger partial charge is 0.265 e. The minimum absolute atomic E-state index is 0.00485. The third-order valence-corrected chi connectivity index (χ3v) is 4.93. The highest BCUT2D eigenvalue weighted by atomic mass is 32.2. The number of methoxy groups -OCH3 is 2. The average molecular weight is 364 g/mol. The molecular formula is C17H20N2O5S. The van der Waals surface area contributed by atoms with Crippen LogP contribution in [0.15, 0.2) is 47.4 Å². The molecule has 0 fully saturated rings. The summed E-state index contributed by atoms with van der Waals surface area (Å²) in [6.07, 6.45) is 0.232. The Hall–Kier alpha value is -2.74. The number of sulfonamides is 1. The van der Waals surface area contributed by atoms with Gasteiger partial charge in [0, 0.05) is 18.8 Å². The summed E-state index contributed by atoms with van der Waals surface area (Å²) in [6, 6.07) is 11.1. The molecule has 0 aliphatic rings. The third-order valence-electron chi connectivity index (χ3n) is 3.51. The van der Waals surface area contributed by atoms with Crippen molar-refractivity contribution in [3.8, 4) is 11.5 Å². The molecule has 0 spiro atoms. The Balaban J connectivity index is 2.22. The molecule has 1 amide bonds. The number of hydrogen-bond donors (Lipinski definition) is 2. The van der Waals surface area contributed by atoms with E-state index in [0.29, 0.717) is 11.4 Å². The Morgan fingerprint density at radius 2 is 1.72 bits per heavy atom. The van der Waals surface area contributed by atoms with Gasteiger partial charge in [-0.3, -0.25) is 9.52 Å². The fourth-order valence-electron chi connectivity index (χ4n) is 2.17. The largest absolute Gasteiger partial charge is 0.497 e. The molecule has 0 heterocycles. The van der Waals surface area contributed by atoms with E-state index in [1.54, 1.807) is 37.4 Å². The zero-order chi connectivity index (χ0) is 18.4. The van der Waals surface area contributed by atoms with Gasteiger partial charge in [-0.15, -0.1) is 0 Å². The summed E-state index contributed by atoms with van der Waals surface area (Å²) < 4.78 is 37.9. The topological polar surface area (TPSA) is 93.7 Å². The van der Waals surface area contributed by atoms with Crippen LogP contribution in [0.4, 0.5) is 5.69 Å². The van der Waals surface area contributed by atoms with E-state index in [1.807, 2.05) is 0 Å².